The van der Waals surface area contributed by atoms with Gasteiger partial charge in [0.1, 0.15) is 17.8 Å². The number of nitriles is 1. The van der Waals surface area contributed by atoms with Gasteiger partial charge in [0.25, 0.3) is 0 Å². The maximum absolute atomic E-state index is 12.4. The van der Waals surface area contributed by atoms with Gasteiger partial charge >= 0.3 is 0 Å². The molecule has 0 fully saturated rings. The molecule has 0 aromatic heterocycles. The summed E-state index contributed by atoms with van der Waals surface area (Å²) in [5, 5.41) is 18.4. The number of carbonyl (C=O) groups excluding carboxylic acids is 1. The van der Waals surface area contributed by atoms with Gasteiger partial charge in [-0.3, -0.25) is 4.79 Å². The number of ketones is 1. The number of Topliss-reactive ketones (excluding diaryl/α,β-unsaturated/α-hetero) is 1. The van der Waals surface area contributed by atoms with E-state index in [-0.39, 0.29) is 16.9 Å². The molecule has 2 aliphatic rings. The van der Waals surface area contributed by atoms with Crippen molar-refractivity contribution in [2.45, 2.75) is 32.8 Å². The number of carbonyl (C=O) groups is 1. The van der Waals surface area contributed by atoms with Crippen LogP contribution in [0.2, 0.25) is 5.02 Å². The molecule has 0 radical (unpaired) electrons. The summed E-state index contributed by atoms with van der Waals surface area (Å²) in [6.45, 7) is 4.02. The average Bonchev–Trinajstić information content (AvgIpc) is 2.45. The number of nitrogens with zero attached hydrogens (tertiary/aromatic N) is 1. The van der Waals surface area contributed by atoms with Crippen molar-refractivity contribution in [3.63, 3.8) is 0 Å². The molecular formula is C18H17ClN2O2. The normalized spacial score (nSPS) is 26.3. The standard InChI is InChI=1S/C18H17ClN2O2/c1-18(2)7-13(22)15-14(8-18)23-17(12(9-20)16(15)21)10-3-5-11(19)6-4-10/h3-6,12,17,21H,7-8H2,1-2H3/t12?,17-/m1/s1. The largest absolute Gasteiger partial charge is 0.487 e. The molecule has 23 heavy (non-hydrogen) atoms. The third kappa shape index (κ3) is 2.77. The van der Waals surface area contributed by atoms with E-state index < -0.39 is 12.0 Å². The Bertz CT molecular complexity index is 756. The zero-order chi connectivity index (χ0) is 16.8. The summed E-state index contributed by atoms with van der Waals surface area (Å²) < 4.78 is 6.05. The number of allylic oxidation sites excluding steroid dienone is 2. The highest BCUT2D eigenvalue weighted by atomic mass is 35.5. The van der Waals surface area contributed by atoms with Gasteiger partial charge in [-0.2, -0.15) is 5.26 Å². The maximum Gasteiger partial charge on any atom is 0.168 e. The van der Waals surface area contributed by atoms with Crippen LogP contribution in [0.3, 0.4) is 0 Å². The molecule has 1 aromatic rings. The molecule has 5 heteroatoms. The summed E-state index contributed by atoms with van der Waals surface area (Å²) in [4.78, 5) is 12.4. The van der Waals surface area contributed by atoms with Crippen molar-refractivity contribution < 1.29 is 9.53 Å². The molecule has 1 aliphatic carbocycles. The van der Waals surface area contributed by atoms with E-state index in [2.05, 4.69) is 6.07 Å². The molecule has 1 aliphatic heterocycles. The third-order valence-electron chi connectivity index (χ3n) is 4.33. The minimum atomic E-state index is -0.792. The van der Waals surface area contributed by atoms with Crippen LogP contribution in [0.25, 0.3) is 0 Å². The van der Waals surface area contributed by atoms with E-state index in [9.17, 15) is 10.1 Å². The van der Waals surface area contributed by atoms with Gasteiger partial charge < -0.3 is 10.1 Å². The van der Waals surface area contributed by atoms with E-state index in [1.807, 2.05) is 13.8 Å². The molecule has 0 bridgehead atoms. The second-order valence-corrected chi connectivity index (χ2v) is 7.29. The van der Waals surface area contributed by atoms with Gasteiger partial charge in [-0.15, -0.1) is 0 Å². The number of rotatable bonds is 1. The molecule has 1 unspecified atom stereocenters. The summed E-state index contributed by atoms with van der Waals surface area (Å²) in [7, 11) is 0. The summed E-state index contributed by atoms with van der Waals surface area (Å²) in [6, 6.07) is 9.19. The third-order valence-corrected chi connectivity index (χ3v) is 4.58. The fourth-order valence-corrected chi connectivity index (χ4v) is 3.36. The average molecular weight is 329 g/mol. The smallest absolute Gasteiger partial charge is 0.168 e. The highest BCUT2D eigenvalue weighted by molar-refractivity contribution is 6.30. The van der Waals surface area contributed by atoms with Crippen LogP contribution in [0, 0.1) is 28.1 Å². The Balaban J connectivity index is 2.05. The van der Waals surface area contributed by atoms with E-state index in [0.29, 0.717) is 29.2 Å². The van der Waals surface area contributed by atoms with E-state index in [0.717, 1.165) is 5.56 Å². The van der Waals surface area contributed by atoms with Crippen molar-refractivity contribution >= 4 is 23.1 Å². The van der Waals surface area contributed by atoms with Crippen LogP contribution >= 0.6 is 11.6 Å². The van der Waals surface area contributed by atoms with Crippen molar-refractivity contribution in [2.75, 3.05) is 0 Å². The molecule has 2 atom stereocenters. The van der Waals surface area contributed by atoms with Gasteiger partial charge in [0, 0.05) is 17.9 Å². The Hall–Kier alpha value is -2.12. The summed E-state index contributed by atoms with van der Waals surface area (Å²) in [5.41, 5.74) is 0.976. The Kier molecular flexibility index (Phi) is 3.77. The highest BCUT2D eigenvalue weighted by Crippen LogP contribution is 2.45. The minimum absolute atomic E-state index is 0.0780. The molecule has 0 spiro atoms. The molecule has 0 saturated heterocycles. The van der Waals surface area contributed by atoms with Crippen molar-refractivity contribution in [3.8, 4) is 6.07 Å². The SMILES string of the molecule is CC1(C)CC(=O)C2=C(C1)O[C@H](c1ccc(Cl)cc1)C(C#N)C2=N. The van der Waals surface area contributed by atoms with Crippen LogP contribution in [-0.2, 0) is 9.53 Å². The first-order valence-electron chi connectivity index (χ1n) is 7.49. The molecule has 1 heterocycles. The monoisotopic (exact) mass is 328 g/mol. The van der Waals surface area contributed by atoms with E-state index in [1.165, 1.54) is 0 Å². The van der Waals surface area contributed by atoms with E-state index in [4.69, 9.17) is 21.7 Å². The maximum atomic E-state index is 12.4. The molecule has 1 aromatic carbocycles. The Labute approximate surface area is 140 Å². The number of hydrogen-bond donors (Lipinski definition) is 1. The topological polar surface area (TPSA) is 73.9 Å². The van der Waals surface area contributed by atoms with Gasteiger partial charge in [0.05, 0.1) is 17.4 Å². The first-order chi connectivity index (χ1) is 10.8. The summed E-state index contributed by atoms with van der Waals surface area (Å²) in [5.74, 6) is -0.348. The van der Waals surface area contributed by atoms with Crippen LogP contribution in [0.5, 0.6) is 0 Å². The second kappa shape index (κ2) is 5.50. The Morgan fingerprint density at radius 1 is 1.30 bits per heavy atom. The van der Waals surface area contributed by atoms with Crippen molar-refractivity contribution in [3.05, 3.63) is 46.2 Å². The first-order valence-corrected chi connectivity index (χ1v) is 7.87. The fourth-order valence-electron chi connectivity index (χ4n) is 3.24. The van der Waals surface area contributed by atoms with Crippen molar-refractivity contribution in [1.29, 1.82) is 10.7 Å². The quantitative estimate of drug-likeness (QED) is 0.839. The van der Waals surface area contributed by atoms with E-state index >= 15 is 0 Å². The highest BCUT2D eigenvalue weighted by Gasteiger charge is 2.44. The van der Waals surface area contributed by atoms with Gasteiger partial charge in [0.15, 0.2) is 5.78 Å². The zero-order valence-electron chi connectivity index (χ0n) is 13.0. The lowest BCUT2D eigenvalue weighted by molar-refractivity contribution is -0.118. The zero-order valence-corrected chi connectivity index (χ0v) is 13.8. The first kappa shape index (κ1) is 15.8. The van der Waals surface area contributed by atoms with Crippen LogP contribution < -0.4 is 0 Å². The van der Waals surface area contributed by atoms with Gasteiger partial charge in [-0.1, -0.05) is 37.6 Å². The number of halogens is 1. The fraction of sp³-hybridized carbons (Fsp3) is 0.389. The molecule has 0 saturated carbocycles. The van der Waals surface area contributed by atoms with Crippen LogP contribution in [0.1, 0.15) is 38.4 Å². The van der Waals surface area contributed by atoms with Crippen LogP contribution in [0.4, 0.5) is 0 Å². The number of ether oxygens (including phenoxy) is 1. The lowest BCUT2D eigenvalue weighted by Crippen LogP contribution is -2.38. The van der Waals surface area contributed by atoms with Gasteiger partial charge in [-0.05, 0) is 23.1 Å². The van der Waals surface area contributed by atoms with Crippen molar-refractivity contribution in [1.82, 2.24) is 0 Å². The molecule has 0 amide bonds. The van der Waals surface area contributed by atoms with Crippen LogP contribution in [-0.4, -0.2) is 11.5 Å². The number of benzene rings is 1. The molecule has 3 rings (SSSR count). The van der Waals surface area contributed by atoms with E-state index in [1.54, 1.807) is 24.3 Å². The van der Waals surface area contributed by atoms with Gasteiger partial charge in [0.2, 0.25) is 0 Å². The summed E-state index contributed by atoms with van der Waals surface area (Å²) in [6.07, 6.45) is 0.394. The van der Waals surface area contributed by atoms with Crippen LogP contribution in [0.15, 0.2) is 35.6 Å². The lowest BCUT2D eigenvalue weighted by atomic mass is 9.72. The summed E-state index contributed by atoms with van der Waals surface area (Å²) >= 11 is 5.91. The lowest BCUT2D eigenvalue weighted by Gasteiger charge is -2.39. The number of nitrogens with one attached hydrogen (secondary N) is 1. The predicted octanol–water partition coefficient (Wildman–Crippen LogP) is 4.21. The second-order valence-electron chi connectivity index (χ2n) is 6.85. The minimum Gasteiger partial charge on any atom is -0.487 e. The van der Waals surface area contributed by atoms with Gasteiger partial charge in [-0.25, -0.2) is 0 Å². The molecule has 118 valence electrons. The van der Waals surface area contributed by atoms with Crippen molar-refractivity contribution in [2.24, 2.45) is 11.3 Å². The molecule has 1 N–H and O–H groups in total. The predicted molar refractivity (Wildman–Crippen MR) is 87.2 cm³/mol. The molecule has 4 nitrogen and oxygen atoms in total. The number of hydrogen-bond acceptors (Lipinski definition) is 4. The molecular weight excluding hydrogens is 312 g/mol. The Morgan fingerprint density at radius 3 is 2.57 bits per heavy atom. The Morgan fingerprint density at radius 2 is 1.96 bits per heavy atom.